The fourth-order valence-corrected chi connectivity index (χ4v) is 6.83. The third kappa shape index (κ3) is 6.78. The summed E-state index contributed by atoms with van der Waals surface area (Å²) in [5, 5.41) is 20.0. The van der Waals surface area contributed by atoms with Crippen molar-refractivity contribution in [3.8, 4) is 23.3 Å². The van der Waals surface area contributed by atoms with E-state index in [1.165, 1.54) is 31.4 Å². The number of hydrogen-bond acceptors (Lipinski definition) is 8. The summed E-state index contributed by atoms with van der Waals surface area (Å²) in [5.74, 6) is -0.614. The first-order valence-electron chi connectivity index (χ1n) is 14.4. The van der Waals surface area contributed by atoms with Crippen molar-refractivity contribution in [1.82, 2.24) is 30.0 Å². The Morgan fingerprint density at radius 3 is 2.13 bits per heavy atom. The van der Waals surface area contributed by atoms with E-state index in [4.69, 9.17) is 9.47 Å². The van der Waals surface area contributed by atoms with Crippen LogP contribution in [0, 0.1) is 17.2 Å². The Balaban J connectivity index is 0.00000240. The van der Waals surface area contributed by atoms with Crippen molar-refractivity contribution in [2.24, 2.45) is 5.92 Å². The molecule has 4 aromatic rings. The van der Waals surface area contributed by atoms with Crippen LogP contribution in [0.2, 0.25) is 0 Å². The standard InChI is InChI=1S/C32H32F3N7O2.2ClH/c1-43-28-14-13-26(42-31(32(33,34)35)37-38-39-42)30(44-2)25(28)19-40-18-24-15-21(16-36)17-41(24)27(20-40)29(22-9-5-3-6-10-22)23-11-7-4-8-12-23;;/h3-14,21,24,27,29H,15,17-20H2,1-2H3;2*1H/t21-,24+,27+;;/m1../s1. The summed E-state index contributed by atoms with van der Waals surface area (Å²) >= 11 is 0. The average molecular weight is 677 g/mol. The van der Waals surface area contributed by atoms with Crippen LogP contribution in [-0.4, -0.2) is 75.9 Å². The Bertz CT molecular complexity index is 1600. The molecular weight excluding hydrogens is 642 g/mol. The highest BCUT2D eigenvalue weighted by atomic mass is 35.5. The molecule has 2 saturated heterocycles. The number of aromatic nitrogens is 4. The van der Waals surface area contributed by atoms with Gasteiger partial charge in [-0.05, 0) is 40.1 Å². The topological polar surface area (TPSA) is 92.3 Å². The van der Waals surface area contributed by atoms with Crippen LogP contribution in [0.4, 0.5) is 13.2 Å². The number of methoxy groups -OCH3 is 2. The maximum Gasteiger partial charge on any atom is 0.453 e. The van der Waals surface area contributed by atoms with Gasteiger partial charge in [0.2, 0.25) is 0 Å². The summed E-state index contributed by atoms with van der Waals surface area (Å²) in [6.45, 7) is 2.37. The molecule has 0 aliphatic carbocycles. The Kier molecular flexibility index (Phi) is 11.2. The fraction of sp³-hybridized carbons (Fsp3) is 0.375. The number of hydrogen-bond donors (Lipinski definition) is 0. The van der Waals surface area contributed by atoms with Gasteiger partial charge in [-0.1, -0.05) is 60.7 Å². The number of tetrazole rings is 1. The molecule has 2 aliphatic heterocycles. The molecule has 9 nitrogen and oxygen atoms in total. The second-order valence-electron chi connectivity index (χ2n) is 11.2. The highest BCUT2D eigenvalue weighted by molar-refractivity contribution is 5.85. The Morgan fingerprint density at radius 2 is 1.57 bits per heavy atom. The van der Waals surface area contributed by atoms with Crippen LogP contribution >= 0.6 is 24.8 Å². The van der Waals surface area contributed by atoms with E-state index in [1.807, 2.05) is 36.4 Å². The third-order valence-electron chi connectivity index (χ3n) is 8.64. The van der Waals surface area contributed by atoms with Crippen molar-refractivity contribution in [3.63, 3.8) is 0 Å². The molecule has 46 heavy (non-hydrogen) atoms. The highest BCUT2D eigenvalue weighted by Crippen LogP contribution is 2.42. The van der Waals surface area contributed by atoms with E-state index in [-0.39, 0.29) is 60.2 Å². The number of nitriles is 1. The van der Waals surface area contributed by atoms with Crippen molar-refractivity contribution in [2.75, 3.05) is 33.9 Å². The second kappa shape index (κ2) is 14.7. The Hall–Kier alpha value is -3.89. The van der Waals surface area contributed by atoms with E-state index >= 15 is 0 Å². The monoisotopic (exact) mass is 675 g/mol. The first-order chi connectivity index (χ1) is 21.3. The van der Waals surface area contributed by atoms with E-state index < -0.39 is 12.0 Å². The van der Waals surface area contributed by atoms with Crippen LogP contribution in [0.3, 0.4) is 0 Å². The quantitative estimate of drug-likeness (QED) is 0.232. The van der Waals surface area contributed by atoms with Crippen LogP contribution in [0.25, 0.3) is 5.69 Å². The minimum absolute atomic E-state index is 0. The number of piperazine rings is 1. The number of fused-ring (bicyclic) bond motifs is 1. The van der Waals surface area contributed by atoms with Crippen LogP contribution in [-0.2, 0) is 12.7 Å². The van der Waals surface area contributed by atoms with Crippen molar-refractivity contribution >= 4 is 24.8 Å². The van der Waals surface area contributed by atoms with Gasteiger partial charge in [0.15, 0.2) is 5.75 Å². The molecule has 2 fully saturated rings. The van der Waals surface area contributed by atoms with Gasteiger partial charge in [0.05, 0.1) is 31.8 Å². The third-order valence-corrected chi connectivity index (χ3v) is 8.64. The summed E-state index contributed by atoms with van der Waals surface area (Å²) in [5.41, 5.74) is 3.02. The smallest absolute Gasteiger partial charge is 0.453 e. The van der Waals surface area contributed by atoms with Gasteiger partial charge in [-0.3, -0.25) is 9.80 Å². The number of ether oxygens (including phenoxy) is 2. The molecule has 0 radical (unpaired) electrons. The van der Waals surface area contributed by atoms with Crippen LogP contribution < -0.4 is 9.47 Å². The predicted molar refractivity (Wildman–Crippen MR) is 170 cm³/mol. The van der Waals surface area contributed by atoms with Gasteiger partial charge >= 0.3 is 6.18 Å². The molecule has 3 atom stereocenters. The summed E-state index contributed by atoms with van der Waals surface area (Å²) in [6, 6.07) is 26.5. The molecule has 0 spiro atoms. The second-order valence-corrected chi connectivity index (χ2v) is 11.2. The molecule has 1 aromatic heterocycles. The first kappa shape index (κ1) is 35.0. The molecule has 14 heteroatoms. The summed E-state index contributed by atoms with van der Waals surface area (Å²) < 4.78 is 53.3. The summed E-state index contributed by atoms with van der Waals surface area (Å²) in [7, 11) is 2.93. The molecule has 244 valence electrons. The zero-order chi connectivity index (χ0) is 30.8. The van der Waals surface area contributed by atoms with Crippen molar-refractivity contribution in [2.45, 2.75) is 37.1 Å². The maximum absolute atomic E-state index is 13.7. The Labute approximate surface area is 277 Å². The van der Waals surface area contributed by atoms with Gasteiger partial charge in [0, 0.05) is 44.2 Å². The number of halogens is 5. The lowest BCUT2D eigenvalue weighted by Crippen LogP contribution is -2.58. The average Bonchev–Trinajstić information content (AvgIpc) is 3.70. The van der Waals surface area contributed by atoms with Crippen LogP contribution in [0.5, 0.6) is 11.5 Å². The molecule has 2 aliphatic rings. The van der Waals surface area contributed by atoms with E-state index in [0.717, 1.165) is 6.42 Å². The van der Waals surface area contributed by atoms with Gasteiger partial charge in [-0.2, -0.15) is 23.1 Å². The van der Waals surface area contributed by atoms with Crippen molar-refractivity contribution in [3.05, 3.63) is 95.3 Å². The predicted octanol–water partition coefficient (Wildman–Crippen LogP) is 5.77. The van der Waals surface area contributed by atoms with E-state index in [2.05, 4.69) is 55.7 Å². The first-order valence-corrected chi connectivity index (χ1v) is 14.4. The lowest BCUT2D eigenvalue weighted by Gasteiger charge is -2.47. The molecule has 0 amide bonds. The van der Waals surface area contributed by atoms with Crippen molar-refractivity contribution < 1.29 is 22.6 Å². The fourth-order valence-electron chi connectivity index (χ4n) is 6.83. The zero-order valence-corrected chi connectivity index (χ0v) is 26.8. The molecule has 6 rings (SSSR count). The normalized spacial score (nSPS) is 19.9. The summed E-state index contributed by atoms with van der Waals surface area (Å²) in [6.07, 6.45) is -4.02. The SMILES string of the molecule is COc1ccc(-n2nnnc2C(F)(F)F)c(OC)c1CN1C[C@@H]2C[C@H](C#N)CN2[C@H](C(c2ccccc2)c2ccccc2)C1.Cl.Cl. The van der Waals surface area contributed by atoms with Gasteiger partial charge in [-0.15, -0.1) is 29.9 Å². The van der Waals surface area contributed by atoms with E-state index in [0.29, 0.717) is 42.2 Å². The van der Waals surface area contributed by atoms with Crippen LogP contribution in [0.15, 0.2) is 72.8 Å². The number of nitrogens with zero attached hydrogens (tertiary/aromatic N) is 7. The van der Waals surface area contributed by atoms with E-state index in [1.54, 1.807) is 6.07 Å². The number of rotatable bonds is 8. The summed E-state index contributed by atoms with van der Waals surface area (Å²) in [4.78, 5) is 4.77. The maximum atomic E-state index is 13.7. The molecule has 0 N–H and O–H groups in total. The minimum atomic E-state index is -4.76. The van der Waals surface area contributed by atoms with Gasteiger partial charge < -0.3 is 9.47 Å². The lowest BCUT2D eigenvalue weighted by molar-refractivity contribution is -0.146. The molecule has 3 heterocycles. The van der Waals surface area contributed by atoms with Gasteiger partial charge in [-0.25, -0.2) is 0 Å². The highest BCUT2D eigenvalue weighted by Gasteiger charge is 2.45. The molecular formula is C32H34Cl2F3N7O2. The largest absolute Gasteiger partial charge is 0.496 e. The number of benzene rings is 3. The van der Waals surface area contributed by atoms with Crippen molar-refractivity contribution in [1.29, 1.82) is 5.26 Å². The molecule has 0 unspecified atom stereocenters. The minimum Gasteiger partial charge on any atom is -0.496 e. The van der Waals surface area contributed by atoms with Gasteiger partial charge in [0.1, 0.15) is 11.4 Å². The lowest BCUT2D eigenvalue weighted by atomic mass is 9.82. The van der Waals surface area contributed by atoms with Crippen LogP contribution in [0.1, 0.15) is 34.9 Å². The van der Waals surface area contributed by atoms with Gasteiger partial charge in [0.25, 0.3) is 5.82 Å². The zero-order valence-electron chi connectivity index (χ0n) is 25.2. The van der Waals surface area contributed by atoms with E-state index in [9.17, 15) is 18.4 Å². The Morgan fingerprint density at radius 1 is 0.913 bits per heavy atom. The molecule has 0 saturated carbocycles. The molecule has 3 aromatic carbocycles. The number of alkyl halides is 3. The molecule has 0 bridgehead atoms.